The molecule has 140 valence electrons. The van der Waals surface area contributed by atoms with Crippen molar-refractivity contribution in [3.8, 4) is 5.69 Å². The third-order valence-corrected chi connectivity index (χ3v) is 5.61. The van der Waals surface area contributed by atoms with Crippen molar-refractivity contribution in [2.45, 2.75) is 25.9 Å². The summed E-state index contributed by atoms with van der Waals surface area (Å²) in [6, 6.07) is 8.23. The molecule has 0 aliphatic carbocycles. The third kappa shape index (κ3) is 4.68. The standard InChI is InChI=1S/C20H28N4OS/c1-16(2)14-22-10-12-23(13-11-22)19(25)15-26-20-21-8-9-24(20)18-7-5-4-6-17(18)3/h4-9,16H,10-15H2,1-3H3. The molecular weight excluding hydrogens is 344 g/mol. The van der Waals surface area contributed by atoms with E-state index in [0.717, 1.165) is 43.6 Å². The number of hydrogen-bond donors (Lipinski definition) is 0. The Bertz CT molecular complexity index is 735. The summed E-state index contributed by atoms with van der Waals surface area (Å²) in [5, 5.41) is 0.867. The van der Waals surface area contributed by atoms with Crippen LogP contribution in [0.4, 0.5) is 0 Å². The minimum Gasteiger partial charge on any atom is -0.339 e. The summed E-state index contributed by atoms with van der Waals surface area (Å²) in [6.07, 6.45) is 3.75. The third-order valence-electron chi connectivity index (χ3n) is 4.65. The van der Waals surface area contributed by atoms with Crippen molar-refractivity contribution in [2.24, 2.45) is 5.92 Å². The average Bonchev–Trinajstić information content (AvgIpc) is 3.08. The first-order valence-electron chi connectivity index (χ1n) is 9.27. The van der Waals surface area contributed by atoms with Crippen LogP contribution in [0.2, 0.25) is 0 Å². The molecule has 5 nitrogen and oxygen atoms in total. The predicted octanol–water partition coefficient (Wildman–Crippen LogP) is 3.07. The lowest BCUT2D eigenvalue weighted by molar-refractivity contribution is -0.130. The summed E-state index contributed by atoms with van der Waals surface area (Å²) in [4.78, 5) is 21.5. The van der Waals surface area contributed by atoms with Gasteiger partial charge in [-0.25, -0.2) is 4.98 Å². The molecule has 1 fully saturated rings. The fourth-order valence-electron chi connectivity index (χ4n) is 3.33. The Kier molecular flexibility index (Phi) is 6.38. The van der Waals surface area contributed by atoms with Crippen LogP contribution in [0, 0.1) is 12.8 Å². The van der Waals surface area contributed by atoms with Gasteiger partial charge in [-0.3, -0.25) is 14.3 Å². The average molecular weight is 373 g/mol. The van der Waals surface area contributed by atoms with Gasteiger partial charge in [-0.05, 0) is 24.5 Å². The van der Waals surface area contributed by atoms with Gasteiger partial charge in [0.15, 0.2) is 5.16 Å². The van der Waals surface area contributed by atoms with E-state index >= 15 is 0 Å². The molecule has 3 rings (SSSR count). The molecule has 1 aromatic carbocycles. The number of amides is 1. The van der Waals surface area contributed by atoms with Crippen LogP contribution in [0.5, 0.6) is 0 Å². The van der Waals surface area contributed by atoms with E-state index in [4.69, 9.17) is 0 Å². The molecule has 1 amide bonds. The van der Waals surface area contributed by atoms with E-state index in [9.17, 15) is 4.79 Å². The molecule has 0 saturated carbocycles. The summed E-state index contributed by atoms with van der Waals surface area (Å²) < 4.78 is 2.06. The number of thioether (sulfide) groups is 1. The van der Waals surface area contributed by atoms with Crippen molar-refractivity contribution in [3.05, 3.63) is 42.2 Å². The van der Waals surface area contributed by atoms with E-state index in [1.54, 1.807) is 6.20 Å². The van der Waals surface area contributed by atoms with Crippen LogP contribution < -0.4 is 0 Å². The van der Waals surface area contributed by atoms with E-state index in [1.807, 2.05) is 23.2 Å². The number of hydrogen-bond acceptors (Lipinski definition) is 4. The normalized spacial score (nSPS) is 15.6. The SMILES string of the molecule is Cc1ccccc1-n1ccnc1SCC(=O)N1CCN(CC(C)C)CC1. The first kappa shape index (κ1) is 19.0. The van der Waals surface area contributed by atoms with Crippen molar-refractivity contribution < 1.29 is 4.79 Å². The van der Waals surface area contributed by atoms with Crippen LogP contribution >= 0.6 is 11.8 Å². The van der Waals surface area contributed by atoms with Gasteiger partial charge >= 0.3 is 0 Å². The van der Waals surface area contributed by atoms with Crippen molar-refractivity contribution in [3.63, 3.8) is 0 Å². The molecule has 26 heavy (non-hydrogen) atoms. The van der Waals surface area contributed by atoms with Gasteiger partial charge in [-0.2, -0.15) is 0 Å². The molecule has 1 aliphatic heterocycles. The van der Waals surface area contributed by atoms with Gasteiger partial charge < -0.3 is 4.90 Å². The molecule has 0 bridgehead atoms. The number of aryl methyl sites for hydroxylation is 1. The van der Waals surface area contributed by atoms with Gasteiger partial charge in [0.1, 0.15) is 0 Å². The molecule has 1 aliphatic rings. The number of benzene rings is 1. The largest absolute Gasteiger partial charge is 0.339 e. The van der Waals surface area contributed by atoms with Gasteiger partial charge in [0, 0.05) is 45.1 Å². The van der Waals surface area contributed by atoms with E-state index in [2.05, 4.69) is 47.4 Å². The van der Waals surface area contributed by atoms with E-state index in [1.165, 1.54) is 17.3 Å². The van der Waals surface area contributed by atoms with Crippen LogP contribution in [-0.2, 0) is 4.79 Å². The number of carbonyl (C=O) groups excluding carboxylic acids is 1. The number of nitrogens with zero attached hydrogens (tertiary/aromatic N) is 4. The fraction of sp³-hybridized carbons (Fsp3) is 0.500. The highest BCUT2D eigenvalue weighted by Gasteiger charge is 2.22. The molecule has 0 spiro atoms. The van der Waals surface area contributed by atoms with Crippen molar-refractivity contribution in [2.75, 3.05) is 38.5 Å². The molecule has 2 heterocycles. The van der Waals surface area contributed by atoms with Gasteiger partial charge in [0.2, 0.25) is 5.91 Å². The smallest absolute Gasteiger partial charge is 0.233 e. The maximum Gasteiger partial charge on any atom is 0.233 e. The maximum absolute atomic E-state index is 12.6. The lowest BCUT2D eigenvalue weighted by Crippen LogP contribution is -2.50. The van der Waals surface area contributed by atoms with E-state index in [-0.39, 0.29) is 5.91 Å². The Hall–Kier alpha value is -1.79. The van der Waals surface area contributed by atoms with Gasteiger partial charge in [0.25, 0.3) is 0 Å². The summed E-state index contributed by atoms with van der Waals surface area (Å²) in [5.41, 5.74) is 2.31. The van der Waals surface area contributed by atoms with Crippen LogP contribution in [0.25, 0.3) is 5.69 Å². The summed E-state index contributed by atoms with van der Waals surface area (Å²) in [7, 11) is 0. The number of aromatic nitrogens is 2. The molecule has 1 aromatic heterocycles. The molecule has 1 saturated heterocycles. The van der Waals surface area contributed by atoms with Gasteiger partial charge in [-0.1, -0.05) is 43.8 Å². The topological polar surface area (TPSA) is 41.4 Å². The lowest BCUT2D eigenvalue weighted by Gasteiger charge is -2.35. The second-order valence-corrected chi connectivity index (χ2v) is 8.17. The number of piperazine rings is 1. The monoisotopic (exact) mass is 372 g/mol. The molecule has 0 unspecified atom stereocenters. The van der Waals surface area contributed by atoms with Crippen LogP contribution in [-0.4, -0.2) is 63.7 Å². The molecule has 6 heteroatoms. The highest BCUT2D eigenvalue weighted by molar-refractivity contribution is 7.99. The number of carbonyl (C=O) groups is 1. The van der Waals surface area contributed by atoms with Crippen LogP contribution in [0.3, 0.4) is 0 Å². The van der Waals surface area contributed by atoms with Crippen molar-refractivity contribution in [1.29, 1.82) is 0 Å². The Morgan fingerprint density at radius 3 is 2.62 bits per heavy atom. The Morgan fingerprint density at radius 2 is 1.92 bits per heavy atom. The van der Waals surface area contributed by atoms with E-state index < -0.39 is 0 Å². The van der Waals surface area contributed by atoms with E-state index in [0.29, 0.717) is 11.7 Å². The van der Waals surface area contributed by atoms with Crippen molar-refractivity contribution in [1.82, 2.24) is 19.4 Å². The number of imidazole rings is 1. The zero-order valence-electron chi connectivity index (χ0n) is 15.9. The second-order valence-electron chi connectivity index (χ2n) is 7.23. The number of para-hydroxylation sites is 1. The maximum atomic E-state index is 12.6. The minimum absolute atomic E-state index is 0.207. The Balaban J connectivity index is 1.55. The molecule has 0 N–H and O–H groups in total. The predicted molar refractivity (Wildman–Crippen MR) is 107 cm³/mol. The Morgan fingerprint density at radius 1 is 1.19 bits per heavy atom. The van der Waals surface area contributed by atoms with Crippen LogP contribution in [0.1, 0.15) is 19.4 Å². The van der Waals surface area contributed by atoms with Gasteiger partial charge in [0.05, 0.1) is 11.4 Å². The summed E-state index contributed by atoms with van der Waals surface area (Å²) >= 11 is 1.52. The molecule has 0 radical (unpaired) electrons. The highest BCUT2D eigenvalue weighted by Crippen LogP contribution is 2.23. The summed E-state index contributed by atoms with van der Waals surface area (Å²) in [6.45, 7) is 11.3. The minimum atomic E-state index is 0.207. The quantitative estimate of drug-likeness (QED) is 0.731. The summed E-state index contributed by atoms with van der Waals surface area (Å²) in [5.74, 6) is 1.32. The fourth-order valence-corrected chi connectivity index (χ4v) is 4.20. The Labute approximate surface area is 160 Å². The first-order valence-corrected chi connectivity index (χ1v) is 10.3. The number of rotatable bonds is 6. The first-order chi connectivity index (χ1) is 12.5. The molecule has 2 aromatic rings. The van der Waals surface area contributed by atoms with Gasteiger partial charge in [-0.15, -0.1) is 0 Å². The van der Waals surface area contributed by atoms with Crippen LogP contribution in [0.15, 0.2) is 41.8 Å². The molecule has 0 atom stereocenters. The zero-order valence-corrected chi connectivity index (χ0v) is 16.7. The van der Waals surface area contributed by atoms with Crippen molar-refractivity contribution >= 4 is 17.7 Å². The highest BCUT2D eigenvalue weighted by atomic mass is 32.2. The molecular formula is C20H28N4OS. The zero-order chi connectivity index (χ0) is 18.5. The second kappa shape index (κ2) is 8.73. The lowest BCUT2D eigenvalue weighted by atomic mass is 10.2.